The molecule has 1 N–H and O–H groups in total. The van der Waals surface area contributed by atoms with E-state index in [-0.39, 0.29) is 12.5 Å². The Morgan fingerprint density at radius 1 is 1.58 bits per heavy atom. The predicted molar refractivity (Wildman–Crippen MR) is 51.4 cm³/mol. The van der Waals surface area contributed by atoms with Crippen LogP contribution in [-0.2, 0) is 0 Å². The van der Waals surface area contributed by atoms with Gasteiger partial charge >= 0.3 is 0 Å². The summed E-state index contributed by atoms with van der Waals surface area (Å²) in [5.41, 5.74) is 2.14. The van der Waals surface area contributed by atoms with Gasteiger partial charge in [-0.25, -0.2) is 0 Å². The van der Waals surface area contributed by atoms with Gasteiger partial charge in [0.25, 0.3) is 0 Å². The van der Waals surface area contributed by atoms with Crippen molar-refractivity contribution in [2.24, 2.45) is 0 Å². The molecule has 0 aliphatic carbocycles. The van der Waals surface area contributed by atoms with Gasteiger partial charge in [0.1, 0.15) is 0 Å². The van der Waals surface area contributed by atoms with Crippen molar-refractivity contribution in [1.82, 2.24) is 0 Å². The highest BCUT2D eigenvalue weighted by Crippen LogP contribution is 2.22. The Kier molecular flexibility index (Phi) is 3.12. The first-order valence-electron chi connectivity index (χ1n) is 3.85. The summed E-state index contributed by atoms with van der Waals surface area (Å²) in [6.45, 7) is 5.86. The van der Waals surface area contributed by atoms with Gasteiger partial charge in [-0.2, -0.15) is 0 Å². The number of aryl methyl sites for hydroxylation is 1. The highest BCUT2D eigenvalue weighted by Gasteiger charge is 2.07. The van der Waals surface area contributed by atoms with Gasteiger partial charge in [-0.15, -0.1) is 0 Å². The lowest BCUT2D eigenvalue weighted by atomic mass is 9.97. The van der Waals surface area contributed by atoms with Crippen LogP contribution in [0.2, 0.25) is 5.02 Å². The van der Waals surface area contributed by atoms with Gasteiger partial charge in [0.2, 0.25) is 0 Å². The van der Waals surface area contributed by atoms with E-state index in [0.717, 1.165) is 11.1 Å². The molecule has 2 heteroatoms. The molecule has 12 heavy (non-hydrogen) atoms. The first-order valence-corrected chi connectivity index (χ1v) is 4.23. The molecule has 0 aliphatic heterocycles. The lowest BCUT2D eigenvalue weighted by molar-refractivity contribution is 0.282. The van der Waals surface area contributed by atoms with Crippen molar-refractivity contribution in [3.8, 4) is 0 Å². The molecule has 1 atom stereocenters. The van der Waals surface area contributed by atoms with Crippen LogP contribution < -0.4 is 0 Å². The minimum absolute atomic E-state index is 0.0567. The van der Waals surface area contributed by atoms with Crippen molar-refractivity contribution in [3.05, 3.63) is 41.3 Å². The van der Waals surface area contributed by atoms with Crippen LogP contribution in [0.15, 0.2) is 18.2 Å². The molecule has 1 unspecified atom stereocenters. The van der Waals surface area contributed by atoms with Crippen LogP contribution in [0.3, 0.4) is 0 Å². The maximum Gasteiger partial charge on any atom is 0.0499 e. The van der Waals surface area contributed by atoms with Crippen LogP contribution in [0, 0.1) is 13.8 Å². The van der Waals surface area contributed by atoms with Gasteiger partial charge in [-0.1, -0.05) is 17.7 Å². The molecule has 0 saturated carbocycles. The zero-order valence-corrected chi connectivity index (χ0v) is 7.80. The molecule has 1 rings (SSSR count). The Morgan fingerprint density at radius 3 is 2.83 bits per heavy atom. The topological polar surface area (TPSA) is 20.2 Å². The number of hydrogen-bond donors (Lipinski definition) is 1. The third-order valence-corrected chi connectivity index (χ3v) is 2.14. The maximum atomic E-state index is 8.90. The Labute approximate surface area is 78.0 Å². The number of aliphatic hydroxyl groups excluding tert-OH is 1. The average Bonchev–Trinajstić information content (AvgIpc) is 2.08. The fraction of sp³-hybridized carbons (Fsp3) is 0.300. The molecule has 0 heterocycles. The molecule has 0 aromatic heterocycles. The first kappa shape index (κ1) is 9.56. The van der Waals surface area contributed by atoms with E-state index in [9.17, 15) is 0 Å². The summed E-state index contributed by atoms with van der Waals surface area (Å²) in [6.07, 6.45) is 0. The molecule has 0 bridgehead atoms. The predicted octanol–water partition coefficient (Wildman–Crippen LogP) is 2.56. The third kappa shape index (κ3) is 1.99. The van der Waals surface area contributed by atoms with Crippen molar-refractivity contribution in [2.45, 2.75) is 12.8 Å². The molecule has 1 aromatic rings. The van der Waals surface area contributed by atoms with Crippen molar-refractivity contribution in [2.75, 3.05) is 6.61 Å². The number of aliphatic hydroxyl groups is 1. The molecule has 0 aliphatic rings. The van der Waals surface area contributed by atoms with Crippen molar-refractivity contribution in [1.29, 1.82) is 0 Å². The number of benzene rings is 1. The molecule has 0 fully saturated rings. The van der Waals surface area contributed by atoms with Gasteiger partial charge in [-0.05, 0) is 37.1 Å². The summed E-state index contributed by atoms with van der Waals surface area (Å²) in [5, 5.41) is 9.59. The second-order valence-corrected chi connectivity index (χ2v) is 3.32. The Hall–Kier alpha value is -0.530. The molecule has 65 valence electrons. The van der Waals surface area contributed by atoms with Crippen LogP contribution in [0.5, 0.6) is 0 Å². The summed E-state index contributed by atoms with van der Waals surface area (Å²) in [6, 6.07) is 5.63. The molecule has 1 aromatic carbocycles. The van der Waals surface area contributed by atoms with Gasteiger partial charge in [0.05, 0.1) is 0 Å². The van der Waals surface area contributed by atoms with Crippen LogP contribution in [0.4, 0.5) is 0 Å². The lowest BCUT2D eigenvalue weighted by Gasteiger charge is -2.11. The van der Waals surface area contributed by atoms with E-state index in [1.165, 1.54) is 0 Å². The number of halogens is 1. The summed E-state index contributed by atoms with van der Waals surface area (Å²) in [4.78, 5) is 0. The Morgan fingerprint density at radius 2 is 2.25 bits per heavy atom. The van der Waals surface area contributed by atoms with E-state index < -0.39 is 0 Å². The van der Waals surface area contributed by atoms with Crippen molar-refractivity contribution in [3.63, 3.8) is 0 Å². The number of hydrogen-bond acceptors (Lipinski definition) is 1. The first-order chi connectivity index (χ1) is 5.65. The van der Waals surface area contributed by atoms with E-state index in [1.807, 2.05) is 25.1 Å². The van der Waals surface area contributed by atoms with E-state index in [0.29, 0.717) is 5.02 Å². The normalized spacial score (nSPS) is 13.0. The minimum atomic E-state index is -0.0799. The van der Waals surface area contributed by atoms with Gasteiger partial charge in [0.15, 0.2) is 0 Å². The van der Waals surface area contributed by atoms with E-state index >= 15 is 0 Å². The molecular weight excluding hydrogens is 172 g/mol. The second-order valence-electron chi connectivity index (χ2n) is 2.88. The fourth-order valence-electron chi connectivity index (χ4n) is 1.15. The fourth-order valence-corrected chi connectivity index (χ4v) is 1.33. The highest BCUT2D eigenvalue weighted by atomic mass is 35.5. The molecule has 0 saturated heterocycles. The Bertz CT molecular complexity index is 271. The molecular formula is C10H12ClO. The summed E-state index contributed by atoms with van der Waals surface area (Å²) in [7, 11) is 0. The van der Waals surface area contributed by atoms with Gasteiger partial charge < -0.3 is 5.11 Å². The minimum Gasteiger partial charge on any atom is -0.396 e. The summed E-state index contributed by atoms with van der Waals surface area (Å²) < 4.78 is 0. The second kappa shape index (κ2) is 3.92. The molecule has 1 radical (unpaired) electrons. The molecule has 0 spiro atoms. The smallest absolute Gasteiger partial charge is 0.0499 e. The van der Waals surface area contributed by atoms with E-state index in [4.69, 9.17) is 16.7 Å². The van der Waals surface area contributed by atoms with Crippen molar-refractivity contribution >= 4 is 11.6 Å². The highest BCUT2D eigenvalue weighted by molar-refractivity contribution is 6.30. The van der Waals surface area contributed by atoms with Crippen LogP contribution in [0.25, 0.3) is 0 Å². The third-order valence-electron chi connectivity index (χ3n) is 1.90. The van der Waals surface area contributed by atoms with Crippen LogP contribution >= 0.6 is 11.6 Å². The lowest BCUT2D eigenvalue weighted by Crippen LogP contribution is -2.01. The van der Waals surface area contributed by atoms with Crippen molar-refractivity contribution < 1.29 is 5.11 Å². The zero-order chi connectivity index (χ0) is 9.14. The number of rotatable bonds is 2. The van der Waals surface area contributed by atoms with E-state index in [2.05, 4.69) is 6.92 Å². The van der Waals surface area contributed by atoms with Gasteiger partial charge in [0, 0.05) is 17.5 Å². The molecule has 1 nitrogen and oxygen atoms in total. The zero-order valence-electron chi connectivity index (χ0n) is 7.05. The van der Waals surface area contributed by atoms with Gasteiger partial charge in [-0.3, -0.25) is 0 Å². The van der Waals surface area contributed by atoms with Crippen LogP contribution in [-0.4, -0.2) is 11.7 Å². The quantitative estimate of drug-likeness (QED) is 0.747. The Balaban J connectivity index is 3.04. The monoisotopic (exact) mass is 183 g/mol. The summed E-state index contributed by atoms with van der Waals surface area (Å²) in [5.74, 6) is -0.0799. The maximum absolute atomic E-state index is 8.90. The summed E-state index contributed by atoms with van der Waals surface area (Å²) >= 11 is 5.81. The SMILES string of the molecule is [CH2]C(CO)c1cc(Cl)ccc1C. The molecule has 0 amide bonds. The van der Waals surface area contributed by atoms with Crippen LogP contribution in [0.1, 0.15) is 17.0 Å². The largest absolute Gasteiger partial charge is 0.396 e. The van der Waals surface area contributed by atoms with E-state index in [1.54, 1.807) is 0 Å². The standard InChI is InChI=1S/C10H12ClO/c1-7-3-4-9(11)5-10(7)8(2)6-12/h3-5,8,12H,2,6H2,1H3. The average molecular weight is 184 g/mol.